The molecule has 9 heteroatoms. The molecule has 3 N–H and O–H groups in total. The SMILES string of the molecule is CN=C(NCCNC(=O)OC(C)(C)C)NCc1nc(C)c(C)s1.I. The van der Waals surface area contributed by atoms with Crippen molar-refractivity contribution in [3.8, 4) is 0 Å². The highest BCUT2D eigenvalue weighted by molar-refractivity contribution is 14.0. The summed E-state index contributed by atoms with van der Waals surface area (Å²) < 4.78 is 5.16. The number of aryl methyl sites for hydroxylation is 2. The zero-order valence-electron chi connectivity index (χ0n) is 15.1. The van der Waals surface area contributed by atoms with E-state index in [1.165, 1.54) is 4.88 Å². The highest BCUT2D eigenvalue weighted by Gasteiger charge is 2.15. The molecule has 7 nitrogen and oxygen atoms in total. The van der Waals surface area contributed by atoms with Crippen molar-refractivity contribution in [3.63, 3.8) is 0 Å². The van der Waals surface area contributed by atoms with Crippen LogP contribution in [-0.2, 0) is 11.3 Å². The maximum atomic E-state index is 11.5. The van der Waals surface area contributed by atoms with Gasteiger partial charge in [0.2, 0.25) is 0 Å². The standard InChI is InChI=1S/C15H27N5O2S.HI/c1-10-11(2)23-12(20-10)9-19-13(16-6)17-7-8-18-14(21)22-15(3,4)5;/h7-9H2,1-6H3,(H,18,21)(H2,16,17,19);1H. The van der Waals surface area contributed by atoms with E-state index >= 15 is 0 Å². The number of alkyl carbamates (subject to hydrolysis) is 1. The van der Waals surface area contributed by atoms with E-state index in [-0.39, 0.29) is 24.0 Å². The lowest BCUT2D eigenvalue weighted by Gasteiger charge is -2.19. The van der Waals surface area contributed by atoms with E-state index in [0.29, 0.717) is 25.6 Å². The second-order valence-electron chi connectivity index (χ2n) is 6.03. The molecule has 0 aliphatic heterocycles. The predicted octanol–water partition coefficient (Wildman–Crippen LogP) is 2.57. The third kappa shape index (κ3) is 9.26. The van der Waals surface area contributed by atoms with Gasteiger partial charge < -0.3 is 20.7 Å². The summed E-state index contributed by atoms with van der Waals surface area (Å²) in [7, 11) is 1.70. The Morgan fingerprint density at radius 3 is 2.33 bits per heavy atom. The maximum Gasteiger partial charge on any atom is 0.407 e. The van der Waals surface area contributed by atoms with Gasteiger partial charge in [-0.1, -0.05) is 0 Å². The summed E-state index contributed by atoms with van der Waals surface area (Å²) in [6.45, 7) is 11.2. The second-order valence-corrected chi connectivity index (χ2v) is 7.32. The van der Waals surface area contributed by atoms with Gasteiger partial charge >= 0.3 is 6.09 Å². The van der Waals surface area contributed by atoms with Crippen LogP contribution in [0.3, 0.4) is 0 Å². The summed E-state index contributed by atoms with van der Waals surface area (Å²) in [5, 5.41) is 10.0. The molecule has 0 fully saturated rings. The zero-order chi connectivity index (χ0) is 17.5. The van der Waals surface area contributed by atoms with Crippen molar-refractivity contribution in [3.05, 3.63) is 15.6 Å². The van der Waals surface area contributed by atoms with Crippen molar-refractivity contribution < 1.29 is 9.53 Å². The molecule has 1 rings (SSSR count). The van der Waals surface area contributed by atoms with Crippen LogP contribution in [-0.4, -0.2) is 42.8 Å². The lowest BCUT2D eigenvalue weighted by molar-refractivity contribution is 0.0529. The number of aromatic nitrogens is 1. The molecular formula is C15H28IN5O2S. The average Bonchev–Trinajstić information content (AvgIpc) is 2.75. The Kier molecular flexibility index (Phi) is 10.2. The van der Waals surface area contributed by atoms with Crippen molar-refractivity contribution in [1.29, 1.82) is 0 Å². The van der Waals surface area contributed by atoms with Gasteiger partial charge in [0, 0.05) is 25.0 Å². The summed E-state index contributed by atoms with van der Waals surface area (Å²) in [5.74, 6) is 0.668. The number of thiazole rings is 1. The minimum absolute atomic E-state index is 0. The summed E-state index contributed by atoms with van der Waals surface area (Å²) in [5.41, 5.74) is 0.579. The normalized spacial score (nSPS) is 11.5. The van der Waals surface area contributed by atoms with Gasteiger partial charge in [-0.25, -0.2) is 9.78 Å². The van der Waals surface area contributed by atoms with Crippen LogP contribution in [0.25, 0.3) is 0 Å². The molecule has 0 spiro atoms. The number of rotatable bonds is 5. The Balaban J connectivity index is 0.00000529. The van der Waals surface area contributed by atoms with Gasteiger partial charge in [0.15, 0.2) is 5.96 Å². The molecule has 0 bridgehead atoms. The fraction of sp³-hybridized carbons (Fsp3) is 0.667. The van der Waals surface area contributed by atoms with E-state index in [2.05, 4.69) is 32.9 Å². The molecule has 0 saturated heterocycles. The van der Waals surface area contributed by atoms with Crippen LogP contribution < -0.4 is 16.0 Å². The second kappa shape index (κ2) is 10.7. The van der Waals surface area contributed by atoms with Gasteiger partial charge in [0.05, 0.1) is 12.2 Å². The highest BCUT2D eigenvalue weighted by atomic mass is 127. The highest BCUT2D eigenvalue weighted by Crippen LogP contribution is 2.15. The molecule has 1 aromatic heterocycles. The monoisotopic (exact) mass is 469 g/mol. The first-order valence-corrected chi connectivity index (χ1v) is 8.37. The first-order valence-electron chi connectivity index (χ1n) is 7.55. The fourth-order valence-electron chi connectivity index (χ4n) is 1.65. The van der Waals surface area contributed by atoms with Crippen LogP contribution in [0.2, 0.25) is 0 Å². The zero-order valence-corrected chi connectivity index (χ0v) is 18.3. The average molecular weight is 469 g/mol. The first-order chi connectivity index (χ1) is 10.7. The number of hydrogen-bond donors (Lipinski definition) is 3. The van der Waals surface area contributed by atoms with Crippen molar-refractivity contribution in [1.82, 2.24) is 20.9 Å². The smallest absolute Gasteiger partial charge is 0.407 e. The van der Waals surface area contributed by atoms with E-state index in [0.717, 1.165) is 10.7 Å². The molecule has 0 saturated carbocycles. The Morgan fingerprint density at radius 2 is 1.83 bits per heavy atom. The molecule has 0 atom stereocenters. The Morgan fingerprint density at radius 1 is 1.21 bits per heavy atom. The molecule has 0 aliphatic rings. The van der Waals surface area contributed by atoms with Crippen molar-refractivity contribution in [2.75, 3.05) is 20.1 Å². The molecule has 138 valence electrons. The number of guanidine groups is 1. The molecule has 0 aliphatic carbocycles. The third-order valence-electron chi connectivity index (χ3n) is 2.79. The van der Waals surface area contributed by atoms with E-state index in [1.54, 1.807) is 18.4 Å². The van der Waals surface area contributed by atoms with Gasteiger partial charge in [0.1, 0.15) is 10.6 Å². The number of nitrogens with zero attached hydrogens (tertiary/aromatic N) is 2. The summed E-state index contributed by atoms with van der Waals surface area (Å²) in [6.07, 6.45) is -0.420. The Labute approximate surface area is 165 Å². The number of carbonyl (C=O) groups is 1. The van der Waals surface area contributed by atoms with Gasteiger partial charge in [-0.2, -0.15) is 0 Å². The largest absolute Gasteiger partial charge is 0.444 e. The molecule has 0 radical (unpaired) electrons. The van der Waals surface area contributed by atoms with Crippen LogP contribution in [0, 0.1) is 13.8 Å². The number of hydrogen-bond acceptors (Lipinski definition) is 5. The molecule has 0 unspecified atom stereocenters. The molecular weight excluding hydrogens is 441 g/mol. The minimum atomic E-state index is -0.487. The molecule has 1 amide bonds. The van der Waals surface area contributed by atoms with Crippen LogP contribution >= 0.6 is 35.3 Å². The number of amides is 1. The van der Waals surface area contributed by atoms with Crippen LogP contribution in [0.5, 0.6) is 0 Å². The molecule has 1 heterocycles. The molecule has 24 heavy (non-hydrogen) atoms. The van der Waals surface area contributed by atoms with Gasteiger partial charge in [-0.3, -0.25) is 4.99 Å². The maximum absolute atomic E-state index is 11.5. The fourth-order valence-corrected chi connectivity index (χ4v) is 2.53. The third-order valence-corrected chi connectivity index (χ3v) is 3.86. The van der Waals surface area contributed by atoms with E-state index in [9.17, 15) is 4.79 Å². The minimum Gasteiger partial charge on any atom is -0.444 e. The van der Waals surface area contributed by atoms with Gasteiger partial charge in [-0.15, -0.1) is 35.3 Å². The molecule has 0 aromatic carbocycles. The van der Waals surface area contributed by atoms with E-state index in [1.807, 2.05) is 27.7 Å². The Hall–Kier alpha value is -1.10. The van der Waals surface area contributed by atoms with Gasteiger partial charge in [0.25, 0.3) is 0 Å². The number of nitrogens with one attached hydrogen (secondary N) is 3. The topological polar surface area (TPSA) is 87.6 Å². The summed E-state index contributed by atoms with van der Waals surface area (Å²) in [4.78, 5) is 21.3. The lowest BCUT2D eigenvalue weighted by Crippen LogP contribution is -2.42. The van der Waals surface area contributed by atoms with Crippen LogP contribution in [0.4, 0.5) is 4.79 Å². The Bertz CT molecular complexity index is 535. The van der Waals surface area contributed by atoms with Crippen molar-refractivity contribution in [2.45, 2.75) is 46.8 Å². The van der Waals surface area contributed by atoms with Crippen molar-refractivity contribution >= 4 is 47.4 Å². The van der Waals surface area contributed by atoms with Crippen molar-refractivity contribution in [2.24, 2.45) is 4.99 Å². The van der Waals surface area contributed by atoms with Crippen LogP contribution in [0.15, 0.2) is 4.99 Å². The van der Waals surface area contributed by atoms with Gasteiger partial charge in [-0.05, 0) is 34.6 Å². The van der Waals surface area contributed by atoms with E-state index < -0.39 is 11.7 Å². The molecule has 1 aromatic rings. The first kappa shape index (κ1) is 22.9. The lowest BCUT2D eigenvalue weighted by atomic mass is 10.2. The number of aliphatic imine (C=N–C) groups is 1. The quantitative estimate of drug-likeness (QED) is 0.267. The van der Waals surface area contributed by atoms with E-state index in [4.69, 9.17) is 4.74 Å². The number of halogens is 1. The number of ether oxygens (including phenoxy) is 1. The predicted molar refractivity (Wildman–Crippen MR) is 109 cm³/mol. The number of carbonyl (C=O) groups excluding carboxylic acids is 1. The van der Waals surface area contributed by atoms with Crippen LogP contribution in [0.1, 0.15) is 36.3 Å². The summed E-state index contributed by atoms with van der Waals surface area (Å²) in [6, 6.07) is 0. The summed E-state index contributed by atoms with van der Waals surface area (Å²) >= 11 is 1.67.